The van der Waals surface area contributed by atoms with Crippen molar-refractivity contribution in [3.05, 3.63) is 72.3 Å². The van der Waals surface area contributed by atoms with Gasteiger partial charge in [0.25, 0.3) is 0 Å². The molecular formula is C17H18N4. The van der Waals surface area contributed by atoms with Gasteiger partial charge in [0.2, 0.25) is 0 Å². The van der Waals surface area contributed by atoms with Crippen LogP contribution in [0.15, 0.2) is 61.2 Å². The van der Waals surface area contributed by atoms with Crippen molar-refractivity contribution in [3.63, 3.8) is 0 Å². The van der Waals surface area contributed by atoms with Crippen molar-refractivity contribution in [3.8, 4) is 5.69 Å². The van der Waals surface area contributed by atoms with Gasteiger partial charge in [-0.2, -0.15) is 0 Å². The van der Waals surface area contributed by atoms with Gasteiger partial charge >= 0.3 is 0 Å². The molecule has 0 saturated heterocycles. The Balaban J connectivity index is 1.78. The standard InChI is InChI=1S/C17H18N4/c1-13-6-8-15(9-7-13)14(2)20-16-4-3-5-17(10-16)21-11-18-19-12-21/h3-12,14,20H,1-2H3. The summed E-state index contributed by atoms with van der Waals surface area (Å²) in [6.07, 6.45) is 3.39. The maximum absolute atomic E-state index is 3.84. The highest BCUT2D eigenvalue weighted by Crippen LogP contribution is 2.21. The molecule has 106 valence electrons. The van der Waals surface area contributed by atoms with E-state index in [9.17, 15) is 0 Å². The Morgan fingerprint density at radius 3 is 2.43 bits per heavy atom. The highest BCUT2D eigenvalue weighted by molar-refractivity contribution is 5.52. The molecule has 0 aliphatic rings. The number of aryl methyl sites for hydroxylation is 1. The second kappa shape index (κ2) is 5.79. The summed E-state index contributed by atoms with van der Waals surface area (Å²) in [7, 11) is 0. The number of hydrogen-bond acceptors (Lipinski definition) is 3. The fourth-order valence-corrected chi connectivity index (χ4v) is 2.28. The molecule has 2 aromatic carbocycles. The van der Waals surface area contributed by atoms with Crippen molar-refractivity contribution in [2.45, 2.75) is 19.9 Å². The summed E-state index contributed by atoms with van der Waals surface area (Å²) >= 11 is 0. The minimum Gasteiger partial charge on any atom is -0.378 e. The zero-order chi connectivity index (χ0) is 14.7. The Labute approximate surface area is 124 Å². The average molecular weight is 278 g/mol. The molecule has 21 heavy (non-hydrogen) atoms. The smallest absolute Gasteiger partial charge is 0.123 e. The molecule has 0 aliphatic heterocycles. The molecule has 1 aromatic heterocycles. The summed E-state index contributed by atoms with van der Waals surface area (Å²) < 4.78 is 1.89. The molecule has 0 spiro atoms. The molecule has 4 heteroatoms. The van der Waals surface area contributed by atoms with Crippen LogP contribution >= 0.6 is 0 Å². The van der Waals surface area contributed by atoms with E-state index in [1.165, 1.54) is 11.1 Å². The lowest BCUT2D eigenvalue weighted by Crippen LogP contribution is -2.06. The number of benzene rings is 2. The van der Waals surface area contributed by atoms with Gasteiger partial charge in [-0.15, -0.1) is 10.2 Å². The van der Waals surface area contributed by atoms with Crippen molar-refractivity contribution >= 4 is 5.69 Å². The Bertz CT molecular complexity index is 702. The summed E-state index contributed by atoms with van der Waals surface area (Å²) in [5.41, 5.74) is 4.67. The summed E-state index contributed by atoms with van der Waals surface area (Å²) in [6.45, 7) is 4.26. The molecule has 3 aromatic rings. The Morgan fingerprint density at radius 1 is 1.00 bits per heavy atom. The van der Waals surface area contributed by atoms with Crippen molar-refractivity contribution in [2.24, 2.45) is 0 Å². The molecular weight excluding hydrogens is 260 g/mol. The van der Waals surface area contributed by atoms with Gasteiger partial charge in [0.1, 0.15) is 12.7 Å². The monoisotopic (exact) mass is 278 g/mol. The Hall–Kier alpha value is -2.62. The topological polar surface area (TPSA) is 42.7 Å². The first-order chi connectivity index (χ1) is 10.2. The fraction of sp³-hybridized carbons (Fsp3) is 0.176. The number of hydrogen-bond donors (Lipinski definition) is 1. The molecule has 0 bridgehead atoms. The molecule has 0 aliphatic carbocycles. The third kappa shape index (κ3) is 3.11. The van der Waals surface area contributed by atoms with Crippen LogP contribution in [0.25, 0.3) is 5.69 Å². The van der Waals surface area contributed by atoms with Gasteiger partial charge in [-0.25, -0.2) is 0 Å². The summed E-state index contributed by atoms with van der Waals surface area (Å²) in [6, 6.07) is 17.1. The van der Waals surface area contributed by atoms with Gasteiger partial charge in [0, 0.05) is 11.7 Å². The van der Waals surface area contributed by atoms with E-state index in [2.05, 4.69) is 65.8 Å². The summed E-state index contributed by atoms with van der Waals surface area (Å²) in [5, 5.41) is 11.2. The third-order valence-electron chi connectivity index (χ3n) is 3.52. The van der Waals surface area contributed by atoms with Gasteiger partial charge in [0.05, 0.1) is 5.69 Å². The molecule has 0 amide bonds. The number of nitrogens with zero attached hydrogens (tertiary/aromatic N) is 3. The third-order valence-corrected chi connectivity index (χ3v) is 3.52. The lowest BCUT2D eigenvalue weighted by atomic mass is 10.1. The van der Waals surface area contributed by atoms with Crippen LogP contribution in [0.4, 0.5) is 5.69 Å². The van der Waals surface area contributed by atoms with Crippen LogP contribution in [0, 0.1) is 6.92 Å². The molecule has 1 atom stereocenters. The van der Waals surface area contributed by atoms with Crippen LogP contribution in [-0.4, -0.2) is 14.8 Å². The molecule has 1 unspecified atom stereocenters. The first-order valence-electron chi connectivity index (χ1n) is 7.00. The Kier molecular flexibility index (Phi) is 3.69. The molecule has 0 fully saturated rings. The van der Waals surface area contributed by atoms with Gasteiger partial charge in [-0.05, 0) is 37.6 Å². The maximum atomic E-state index is 3.84. The van der Waals surface area contributed by atoms with Crippen LogP contribution in [-0.2, 0) is 0 Å². The fourth-order valence-electron chi connectivity index (χ4n) is 2.28. The van der Waals surface area contributed by atoms with Crippen molar-refractivity contribution in [1.29, 1.82) is 0 Å². The number of anilines is 1. The van der Waals surface area contributed by atoms with Crippen LogP contribution in [0.2, 0.25) is 0 Å². The van der Waals surface area contributed by atoms with E-state index < -0.39 is 0 Å². The summed E-state index contributed by atoms with van der Waals surface area (Å²) in [5.74, 6) is 0. The summed E-state index contributed by atoms with van der Waals surface area (Å²) in [4.78, 5) is 0. The first kappa shape index (κ1) is 13.4. The maximum Gasteiger partial charge on any atom is 0.123 e. The van der Waals surface area contributed by atoms with E-state index in [0.717, 1.165) is 11.4 Å². The normalized spacial score (nSPS) is 12.1. The molecule has 0 radical (unpaired) electrons. The number of aromatic nitrogens is 3. The van der Waals surface area contributed by atoms with E-state index >= 15 is 0 Å². The minimum absolute atomic E-state index is 0.252. The molecule has 3 rings (SSSR count). The molecule has 0 saturated carbocycles. The molecule has 1 N–H and O–H groups in total. The predicted molar refractivity (Wildman–Crippen MR) is 84.6 cm³/mol. The highest BCUT2D eigenvalue weighted by Gasteiger charge is 2.06. The van der Waals surface area contributed by atoms with Gasteiger partial charge in [-0.1, -0.05) is 35.9 Å². The van der Waals surface area contributed by atoms with Crippen LogP contribution in [0.3, 0.4) is 0 Å². The SMILES string of the molecule is Cc1ccc(C(C)Nc2cccc(-n3cnnc3)c2)cc1. The van der Waals surface area contributed by atoms with Crippen LogP contribution in [0.1, 0.15) is 24.1 Å². The lowest BCUT2D eigenvalue weighted by Gasteiger charge is -2.16. The lowest BCUT2D eigenvalue weighted by molar-refractivity contribution is 0.883. The first-order valence-corrected chi connectivity index (χ1v) is 7.00. The van der Waals surface area contributed by atoms with Gasteiger partial charge in [-0.3, -0.25) is 4.57 Å². The molecule has 4 nitrogen and oxygen atoms in total. The van der Waals surface area contributed by atoms with Crippen molar-refractivity contribution in [1.82, 2.24) is 14.8 Å². The van der Waals surface area contributed by atoms with Crippen LogP contribution < -0.4 is 5.32 Å². The highest BCUT2D eigenvalue weighted by atomic mass is 15.2. The van der Waals surface area contributed by atoms with E-state index in [1.807, 2.05) is 16.7 Å². The van der Waals surface area contributed by atoms with Crippen molar-refractivity contribution < 1.29 is 0 Å². The zero-order valence-electron chi connectivity index (χ0n) is 12.2. The van der Waals surface area contributed by atoms with E-state index in [0.29, 0.717) is 0 Å². The zero-order valence-corrected chi connectivity index (χ0v) is 12.2. The number of nitrogens with one attached hydrogen (secondary N) is 1. The van der Waals surface area contributed by atoms with Crippen LogP contribution in [0.5, 0.6) is 0 Å². The second-order valence-electron chi connectivity index (χ2n) is 5.20. The van der Waals surface area contributed by atoms with Gasteiger partial charge < -0.3 is 5.32 Å². The average Bonchev–Trinajstić information content (AvgIpc) is 3.02. The quantitative estimate of drug-likeness (QED) is 0.790. The second-order valence-corrected chi connectivity index (χ2v) is 5.20. The number of rotatable bonds is 4. The Morgan fingerprint density at radius 2 is 1.71 bits per heavy atom. The van der Waals surface area contributed by atoms with E-state index in [-0.39, 0.29) is 6.04 Å². The van der Waals surface area contributed by atoms with E-state index in [1.54, 1.807) is 12.7 Å². The minimum atomic E-state index is 0.252. The molecule has 1 heterocycles. The van der Waals surface area contributed by atoms with Gasteiger partial charge in [0.15, 0.2) is 0 Å². The predicted octanol–water partition coefficient (Wildman–Crippen LogP) is 3.75. The largest absolute Gasteiger partial charge is 0.378 e. The van der Waals surface area contributed by atoms with Crippen molar-refractivity contribution in [2.75, 3.05) is 5.32 Å². The van der Waals surface area contributed by atoms with E-state index in [4.69, 9.17) is 0 Å².